The summed E-state index contributed by atoms with van der Waals surface area (Å²) in [5.74, 6) is 0.143. The maximum atomic E-state index is 9.54. The van der Waals surface area contributed by atoms with E-state index in [1.807, 2.05) is 25.1 Å². The van der Waals surface area contributed by atoms with Gasteiger partial charge in [0.1, 0.15) is 11.5 Å². The van der Waals surface area contributed by atoms with Crippen molar-refractivity contribution in [2.75, 3.05) is 0 Å². The fourth-order valence-corrected chi connectivity index (χ4v) is 2.88. The number of nitrogens with one attached hydrogen (secondary N) is 1. The minimum Gasteiger partial charge on any atom is -0.508 e. The number of halogens is 1. The minimum atomic E-state index is 0.00936. The first kappa shape index (κ1) is 14.9. The van der Waals surface area contributed by atoms with Crippen molar-refractivity contribution < 1.29 is 10.2 Å². The molecule has 0 aliphatic carbocycles. The van der Waals surface area contributed by atoms with Gasteiger partial charge in [-0.25, -0.2) is 0 Å². The summed E-state index contributed by atoms with van der Waals surface area (Å²) in [4.78, 5) is 0. The van der Waals surface area contributed by atoms with Crippen LogP contribution < -0.4 is 5.32 Å². The Morgan fingerprint density at radius 2 is 1.55 bits per heavy atom. The molecule has 2 aromatic rings. The average Bonchev–Trinajstić information content (AvgIpc) is 2.37. The number of phenolic OH excluding ortho intramolecular Hbond substituents is 2. The molecule has 3 nitrogen and oxygen atoms in total. The second-order valence-corrected chi connectivity index (χ2v) is 5.77. The quantitative estimate of drug-likeness (QED) is 0.781. The summed E-state index contributed by atoms with van der Waals surface area (Å²) in [6, 6.07) is 12.9. The smallest absolute Gasteiger partial charge is 0.119 e. The predicted molar refractivity (Wildman–Crippen MR) is 83.9 cm³/mol. The molecule has 0 saturated carbocycles. The summed E-state index contributed by atoms with van der Waals surface area (Å²) >= 11 is 3.55. The molecular weight excluding hydrogens is 318 g/mol. The fraction of sp³-hybridized carbons (Fsp3) is 0.250. The van der Waals surface area contributed by atoms with Crippen LogP contribution >= 0.6 is 15.9 Å². The van der Waals surface area contributed by atoms with Gasteiger partial charge in [0.05, 0.1) is 0 Å². The zero-order valence-electron chi connectivity index (χ0n) is 11.5. The topological polar surface area (TPSA) is 52.5 Å². The molecule has 20 heavy (non-hydrogen) atoms. The Bertz CT molecular complexity index is 581. The third-order valence-corrected chi connectivity index (χ3v) is 4.02. The van der Waals surface area contributed by atoms with Crippen LogP contribution in [0, 0.1) is 0 Å². The van der Waals surface area contributed by atoms with Crippen LogP contribution in [0.25, 0.3) is 0 Å². The Balaban J connectivity index is 2.15. The lowest BCUT2D eigenvalue weighted by molar-refractivity contribution is 0.442. The highest BCUT2D eigenvalue weighted by molar-refractivity contribution is 9.10. The molecule has 2 aromatic carbocycles. The van der Waals surface area contributed by atoms with Crippen molar-refractivity contribution in [3.05, 3.63) is 58.1 Å². The van der Waals surface area contributed by atoms with E-state index >= 15 is 0 Å². The Kier molecular flexibility index (Phi) is 4.68. The maximum Gasteiger partial charge on any atom is 0.119 e. The van der Waals surface area contributed by atoms with Crippen LogP contribution in [0.3, 0.4) is 0 Å². The largest absolute Gasteiger partial charge is 0.508 e. The van der Waals surface area contributed by atoms with Crippen molar-refractivity contribution in [2.24, 2.45) is 0 Å². The molecule has 3 N–H and O–H groups in total. The Morgan fingerprint density at radius 1 is 0.950 bits per heavy atom. The highest BCUT2D eigenvalue weighted by atomic mass is 79.9. The van der Waals surface area contributed by atoms with E-state index in [0.717, 1.165) is 10.0 Å². The average molecular weight is 336 g/mol. The number of rotatable bonds is 4. The third kappa shape index (κ3) is 3.52. The van der Waals surface area contributed by atoms with E-state index in [9.17, 15) is 10.2 Å². The molecule has 2 rings (SSSR count). The van der Waals surface area contributed by atoms with Crippen molar-refractivity contribution in [3.63, 3.8) is 0 Å². The summed E-state index contributed by atoms with van der Waals surface area (Å²) in [7, 11) is 0. The molecule has 1 unspecified atom stereocenters. The first-order chi connectivity index (χ1) is 9.47. The molecule has 106 valence electrons. The van der Waals surface area contributed by atoms with Crippen molar-refractivity contribution in [3.8, 4) is 11.5 Å². The number of phenols is 2. The van der Waals surface area contributed by atoms with E-state index in [4.69, 9.17) is 0 Å². The molecule has 2 atom stereocenters. The highest BCUT2D eigenvalue weighted by Crippen LogP contribution is 2.28. The van der Waals surface area contributed by atoms with Gasteiger partial charge in [-0.05, 0) is 43.2 Å². The standard InChI is InChI=1S/C16H18BrNO2/c1-10(12-7-13(19)9-14(20)8-12)18-11(2)15-5-3-4-6-16(15)17/h3-11,18-20H,1-2H3/t10?,11-/m0/s1. The summed E-state index contributed by atoms with van der Waals surface area (Å²) in [5.41, 5.74) is 2.02. The molecule has 4 heteroatoms. The SMILES string of the molecule is CC(N[C@@H](C)c1ccccc1Br)c1cc(O)cc(O)c1. The van der Waals surface area contributed by atoms with Gasteiger partial charge in [-0.2, -0.15) is 0 Å². The van der Waals surface area contributed by atoms with E-state index in [1.54, 1.807) is 12.1 Å². The van der Waals surface area contributed by atoms with Crippen LogP contribution in [0.4, 0.5) is 0 Å². The Hall–Kier alpha value is -1.52. The van der Waals surface area contributed by atoms with Crippen molar-refractivity contribution >= 4 is 15.9 Å². The zero-order valence-corrected chi connectivity index (χ0v) is 13.1. The monoisotopic (exact) mass is 335 g/mol. The van der Waals surface area contributed by atoms with Gasteiger partial charge in [-0.15, -0.1) is 0 Å². The molecule has 0 aromatic heterocycles. The molecule has 0 bridgehead atoms. The van der Waals surface area contributed by atoms with Crippen LogP contribution in [-0.2, 0) is 0 Å². The van der Waals surface area contributed by atoms with E-state index in [0.29, 0.717) is 0 Å². The number of hydrogen-bond acceptors (Lipinski definition) is 3. The van der Waals surface area contributed by atoms with Crippen molar-refractivity contribution in [1.82, 2.24) is 5.32 Å². The first-order valence-electron chi connectivity index (χ1n) is 6.50. The summed E-state index contributed by atoms with van der Waals surface area (Å²) < 4.78 is 1.06. The lowest BCUT2D eigenvalue weighted by Gasteiger charge is -2.22. The van der Waals surface area contributed by atoms with E-state index in [-0.39, 0.29) is 23.6 Å². The second-order valence-electron chi connectivity index (χ2n) is 4.91. The lowest BCUT2D eigenvalue weighted by atomic mass is 10.0. The van der Waals surface area contributed by atoms with Crippen molar-refractivity contribution in [1.29, 1.82) is 0 Å². The van der Waals surface area contributed by atoms with Gasteiger partial charge < -0.3 is 15.5 Å². The number of aromatic hydroxyl groups is 2. The maximum absolute atomic E-state index is 9.54. The van der Waals surface area contributed by atoms with Gasteiger partial charge in [-0.3, -0.25) is 0 Å². The number of hydrogen-bond donors (Lipinski definition) is 3. The Morgan fingerprint density at radius 3 is 2.15 bits per heavy atom. The summed E-state index contributed by atoms with van der Waals surface area (Å²) in [6.45, 7) is 4.08. The highest BCUT2D eigenvalue weighted by Gasteiger charge is 2.14. The van der Waals surface area contributed by atoms with Crippen LogP contribution in [0.15, 0.2) is 46.9 Å². The normalized spacial score (nSPS) is 13.9. The van der Waals surface area contributed by atoms with Crippen LogP contribution in [0.1, 0.15) is 37.1 Å². The van der Waals surface area contributed by atoms with E-state index in [1.165, 1.54) is 11.6 Å². The van der Waals surface area contributed by atoms with Gasteiger partial charge in [0.2, 0.25) is 0 Å². The molecule has 0 fully saturated rings. The summed E-state index contributed by atoms with van der Waals surface area (Å²) in [5, 5.41) is 22.5. The Labute approximate surface area is 127 Å². The molecule has 0 aliphatic heterocycles. The molecule has 0 radical (unpaired) electrons. The minimum absolute atomic E-state index is 0.00936. The van der Waals surface area contributed by atoms with Gasteiger partial charge in [0.25, 0.3) is 0 Å². The van der Waals surface area contributed by atoms with Gasteiger partial charge in [0.15, 0.2) is 0 Å². The third-order valence-electron chi connectivity index (χ3n) is 3.30. The molecular formula is C16H18BrNO2. The van der Waals surface area contributed by atoms with E-state index in [2.05, 4.69) is 34.2 Å². The van der Waals surface area contributed by atoms with Gasteiger partial charge in [-0.1, -0.05) is 34.1 Å². The fourth-order valence-electron chi connectivity index (χ4n) is 2.26. The van der Waals surface area contributed by atoms with Gasteiger partial charge >= 0.3 is 0 Å². The molecule has 0 saturated heterocycles. The van der Waals surface area contributed by atoms with Crippen LogP contribution in [0.2, 0.25) is 0 Å². The lowest BCUT2D eigenvalue weighted by Crippen LogP contribution is -2.22. The number of benzene rings is 2. The predicted octanol–water partition coefficient (Wildman–Crippen LogP) is 4.27. The molecule has 0 spiro atoms. The molecule has 0 amide bonds. The molecule has 0 aliphatic rings. The zero-order chi connectivity index (χ0) is 14.7. The summed E-state index contributed by atoms with van der Waals surface area (Å²) in [6.07, 6.45) is 0. The first-order valence-corrected chi connectivity index (χ1v) is 7.30. The second kappa shape index (κ2) is 6.29. The molecule has 0 heterocycles. The van der Waals surface area contributed by atoms with Gasteiger partial charge in [0, 0.05) is 22.6 Å². The van der Waals surface area contributed by atoms with Crippen LogP contribution in [-0.4, -0.2) is 10.2 Å². The van der Waals surface area contributed by atoms with Crippen molar-refractivity contribution in [2.45, 2.75) is 25.9 Å². The van der Waals surface area contributed by atoms with Crippen LogP contribution in [0.5, 0.6) is 11.5 Å². The van der Waals surface area contributed by atoms with E-state index < -0.39 is 0 Å².